The van der Waals surface area contributed by atoms with Gasteiger partial charge < -0.3 is 9.33 Å². The van der Waals surface area contributed by atoms with E-state index in [1.807, 2.05) is 6.08 Å². The Morgan fingerprint density at radius 1 is 1.32 bits per heavy atom. The highest BCUT2D eigenvalue weighted by Gasteiger charge is 2.55. The van der Waals surface area contributed by atoms with Crippen molar-refractivity contribution in [1.82, 2.24) is 4.90 Å². The predicted octanol–water partition coefficient (Wildman–Crippen LogP) is 2.90. The van der Waals surface area contributed by atoms with Gasteiger partial charge in [0, 0.05) is 12.0 Å². The van der Waals surface area contributed by atoms with Crippen molar-refractivity contribution in [2.24, 2.45) is 5.92 Å². The number of Topliss-reactive ketones (excluding diaryl/α,β-unsaturated/α-hetero) is 1. The number of amides is 1. The Balaban J connectivity index is 1.81. The smallest absolute Gasteiger partial charge is 0.247 e. The summed E-state index contributed by atoms with van der Waals surface area (Å²) in [6.45, 7) is 11.4. The highest BCUT2D eigenvalue weighted by Crippen LogP contribution is 2.48. The lowest BCUT2D eigenvalue weighted by Crippen LogP contribution is -2.62. The maximum Gasteiger partial charge on any atom is 0.247 e. The van der Waals surface area contributed by atoms with Crippen molar-refractivity contribution in [3.63, 3.8) is 0 Å². The maximum absolute atomic E-state index is 12.5. The van der Waals surface area contributed by atoms with E-state index in [9.17, 15) is 9.59 Å². The molecule has 0 aromatic heterocycles. The number of piperidine rings is 1. The number of ketones is 1. The molecule has 0 aromatic rings. The quantitative estimate of drug-likeness (QED) is 0.735. The van der Waals surface area contributed by atoms with Crippen LogP contribution in [0.15, 0.2) is 12.2 Å². The number of fused-ring (bicyclic) bond motifs is 1. The molecule has 1 saturated carbocycles. The van der Waals surface area contributed by atoms with Crippen molar-refractivity contribution in [3.05, 3.63) is 12.2 Å². The van der Waals surface area contributed by atoms with Gasteiger partial charge in [0.05, 0.1) is 18.2 Å². The summed E-state index contributed by atoms with van der Waals surface area (Å²) in [6, 6.07) is 0. The standard InChI is InChI=1S/C17H27NO3Si/c1-16(2,3)22(4,5)21-14-6-8-17-9-7-15(20)18(17)11-13(19)12(14)10-17/h7,9,12,14H,6,8,10-11H2,1-5H3/t12-,14+,17-/m0/s1. The third kappa shape index (κ3) is 2.29. The van der Waals surface area contributed by atoms with Crippen molar-refractivity contribution < 1.29 is 14.0 Å². The summed E-state index contributed by atoms with van der Waals surface area (Å²) in [7, 11) is -1.88. The Hall–Kier alpha value is -0.943. The molecule has 3 aliphatic rings. The second-order valence-corrected chi connectivity index (χ2v) is 13.3. The van der Waals surface area contributed by atoms with Crippen LogP contribution in [0.25, 0.3) is 0 Å². The molecular weight excluding hydrogens is 294 g/mol. The van der Waals surface area contributed by atoms with Crippen LogP contribution in [0, 0.1) is 5.92 Å². The van der Waals surface area contributed by atoms with Gasteiger partial charge in [0.15, 0.2) is 14.1 Å². The minimum atomic E-state index is -1.88. The Morgan fingerprint density at radius 2 is 2.00 bits per heavy atom. The largest absolute Gasteiger partial charge is 0.413 e. The zero-order chi connectivity index (χ0) is 16.3. The lowest BCUT2D eigenvalue weighted by Gasteiger charge is -2.52. The molecule has 1 spiro atoms. The monoisotopic (exact) mass is 321 g/mol. The Bertz CT molecular complexity index is 549. The SMILES string of the molecule is CC(C)(C)[Si](C)(C)O[C@@H]1CC[C@@]23C=CC(=O)N2CC(=O)[C@@H]1C3. The fourth-order valence-corrected chi connectivity index (χ4v) is 5.15. The number of rotatable bonds is 2. The van der Waals surface area contributed by atoms with Gasteiger partial charge in [-0.1, -0.05) is 26.8 Å². The van der Waals surface area contributed by atoms with E-state index in [-0.39, 0.29) is 40.8 Å². The zero-order valence-electron chi connectivity index (χ0n) is 14.3. The summed E-state index contributed by atoms with van der Waals surface area (Å²) in [5.41, 5.74) is -0.205. The van der Waals surface area contributed by atoms with Gasteiger partial charge in [0.25, 0.3) is 0 Å². The molecule has 1 aliphatic carbocycles. The van der Waals surface area contributed by atoms with Crippen LogP contribution in [0.4, 0.5) is 0 Å². The van der Waals surface area contributed by atoms with Crippen LogP contribution in [0.3, 0.4) is 0 Å². The summed E-state index contributed by atoms with van der Waals surface area (Å²) in [6.07, 6.45) is 6.23. The van der Waals surface area contributed by atoms with Gasteiger partial charge >= 0.3 is 0 Å². The topological polar surface area (TPSA) is 46.6 Å². The van der Waals surface area contributed by atoms with Crippen molar-refractivity contribution >= 4 is 20.0 Å². The number of hydrogen-bond donors (Lipinski definition) is 0. The third-order valence-electron chi connectivity index (χ3n) is 6.20. The van der Waals surface area contributed by atoms with Gasteiger partial charge in [0.1, 0.15) is 0 Å². The van der Waals surface area contributed by atoms with Crippen molar-refractivity contribution in [2.75, 3.05) is 6.54 Å². The molecule has 2 fully saturated rings. The first-order valence-corrected chi connectivity index (χ1v) is 11.2. The number of nitrogens with zero attached hydrogens (tertiary/aromatic N) is 1. The van der Waals surface area contributed by atoms with E-state index in [1.165, 1.54) is 0 Å². The zero-order valence-corrected chi connectivity index (χ0v) is 15.3. The van der Waals surface area contributed by atoms with E-state index in [0.29, 0.717) is 0 Å². The molecular formula is C17H27NO3Si. The summed E-state index contributed by atoms with van der Waals surface area (Å²) in [5, 5.41) is 0.148. The van der Waals surface area contributed by atoms with Crippen LogP contribution in [0.5, 0.6) is 0 Å². The first-order valence-electron chi connectivity index (χ1n) is 8.27. The fraction of sp³-hybridized carbons (Fsp3) is 0.765. The first-order chi connectivity index (χ1) is 10.1. The fourth-order valence-electron chi connectivity index (χ4n) is 3.76. The van der Waals surface area contributed by atoms with Gasteiger partial charge in [-0.2, -0.15) is 0 Å². The average Bonchev–Trinajstić information content (AvgIpc) is 2.70. The normalized spacial score (nSPS) is 35.0. The van der Waals surface area contributed by atoms with Crippen LogP contribution in [0.1, 0.15) is 40.0 Å². The van der Waals surface area contributed by atoms with E-state index in [1.54, 1.807) is 11.0 Å². The molecule has 3 rings (SSSR count). The van der Waals surface area contributed by atoms with E-state index >= 15 is 0 Å². The van der Waals surface area contributed by atoms with Gasteiger partial charge in [-0.3, -0.25) is 9.59 Å². The number of carbonyl (C=O) groups excluding carboxylic acids is 2. The van der Waals surface area contributed by atoms with Crippen LogP contribution in [0.2, 0.25) is 18.1 Å². The Labute approximate surface area is 134 Å². The van der Waals surface area contributed by atoms with Crippen molar-refractivity contribution in [2.45, 2.75) is 69.8 Å². The minimum absolute atomic E-state index is 0.00411. The van der Waals surface area contributed by atoms with Gasteiger partial charge in [-0.15, -0.1) is 0 Å². The van der Waals surface area contributed by atoms with Crippen molar-refractivity contribution in [1.29, 1.82) is 0 Å². The summed E-state index contributed by atoms with van der Waals surface area (Å²) < 4.78 is 6.56. The van der Waals surface area contributed by atoms with E-state index in [2.05, 4.69) is 33.9 Å². The van der Waals surface area contributed by atoms with Crippen LogP contribution in [-0.4, -0.2) is 43.1 Å². The summed E-state index contributed by atoms with van der Waals surface area (Å²) in [4.78, 5) is 26.3. The first kappa shape index (κ1) is 15.9. The molecule has 2 bridgehead atoms. The average molecular weight is 321 g/mol. The summed E-state index contributed by atoms with van der Waals surface area (Å²) in [5.74, 6) is 0.126. The molecule has 2 heterocycles. The second kappa shape index (κ2) is 4.77. The lowest BCUT2D eigenvalue weighted by molar-refractivity contribution is -0.149. The van der Waals surface area contributed by atoms with Crippen LogP contribution < -0.4 is 0 Å². The number of carbonyl (C=O) groups is 2. The molecule has 5 heteroatoms. The molecule has 4 nitrogen and oxygen atoms in total. The van der Waals surface area contributed by atoms with E-state index in [0.717, 1.165) is 19.3 Å². The van der Waals surface area contributed by atoms with Crippen molar-refractivity contribution in [3.8, 4) is 0 Å². The van der Waals surface area contributed by atoms with Crippen LogP contribution >= 0.6 is 0 Å². The molecule has 0 unspecified atom stereocenters. The van der Waals surface area contributed by atoms with Gasteiger partial charge in [-0.05, 0) is 37.4 Å². The number of hydrogen-bond acceptors (Lipinski definition) is 3. The molecule has 22 heavy (non-hydrogen) atoms. The highest BCUT2D eigenvalue weighted by molar-refractivity contribution is 6.74. The van der Waals surface area contributed by atoms with Crippen LogP contribution in [-0.2, 0) is 14.0 Å². The van der Waals surface area contributed by atoms with E-state index < -0.39 is 8.32 Å². The van der Waals surface area contributed by atoms with Gasteiger partial charge in [0.2, 0.25) is 5.91 Å². The minimum Gasteiger partial charge on any atom is -0.413 e. The predicted molar refractivity (Wildman–Crippen MR) is 88.0 cm³/mol. The van der Waals surface area contributed by atoms with E-state index in [4.69, 9.17) is 4.43 Å². The molecule has 122 valence electrons. The molecule has 0 N–H and O–H groups in total. The maximum atomic E-state index is 12.5. The molecule has 0 aromatic carbocycles. The third-order valence-corrected chi connectivity index (χ3v) is 10.7. The lowest BCUT2D eigenvalue weighted by atomic mass is 9.69. The molecule has 1 saturated heterocycles. The molecule has 0 radical (unpaired) electrons. The Kier molecular flexibility index (Phi) is 3.46. The second-order valence-electron chi connectivity index (χ2n) is 8.59. The molecule has 2 aliphatic heterocycles. The Morgan fingerprint density at radius 3 is 2.64 bits per heavy atom. The molecule has 3 atom stereocenters. The van der Waals surface area contributed by atoms with Gasteiger partial charge in [-0.25, -0.2) is 0 Å². The summed E-state index contributed by atoms with van der Waals surface area (Å²) >= 11 is 0. The molecule has 1 amide bonds. The highest BCUT2D eigenvalue weighted by atomic mass is 28.4.